The van der Waals surface area contributed by atoms with E-state index in [9.17, 15) is 4.79 Å². The molecule has 3 heterocycles. The van der Waals surface area contributed by atoms with Gasteiger partial charge in [0.05, 0.1) is 21.8 Å². The lowest BCUT2D eigenvalue weighted by molar-refractivity contribution is 0.0966. The lowest BCUT2D eigenvalue weighted by Crippen LogP contribution is -2.11. The summed E-state index contributed by atoms with van der Waals surface area (Å²) < 4.78 is 5.23. The molecular weight excluding hydrogens is 334 g/mol. The summed E-state index contributed by atoms with van der Waals surface area (Å²) in [6.45, 7) is 0. The fraction of sp³-hybridized carbons (Fsp3) is 0. The standard InChI is InChI=1S/C19H13N3O2S/c20-19(23)18-16(12-6-2-1-3-7-12)17(22-24-18)14-9-4-8-13(21-14)15-10-5-11-25-15/h1-11H,(H2,20,23). The van der Waals surface area contributed by atoms with E-state index in [1.807, 2.05) is 66.0 Å². The highest BCUT2D eigenvalue weighted by atomic mass is 32.1. The molecule has 122 valence electrons. The zero-order valence-electron chi connectivity index (χ0n) is 13.0. The summed E-state index contributed by atoms with van der Waals surface area (Å²) in [5.74, 6) is -0.628. The topological polar surface area (TPSA) is 82.0 Å². The first-order chi connectivity index (χ1) is 12.2. The molecule has 0 atom stereocenters. The van der Waals surface area contributed by atoms with E-state index < -0.39 is 5.91 Å². The number of nitrogens with two attached hydrogens (primary N) is 1. The van der Waals surface area contributed by atoms with Crippen LogP contribution >= 0.6 is 11.3 Å². The SMILES string of the molecule is NC(=O)c1onc(-c2cccc(-c3cccs3)n2)c1-c1ccccc1. The van der Waals surface area contributed by atoms with Gasteiger partial charge in [0.1, 0.15) is 5.69 Å². The largest absolute Gasteiger partial charge is 0.363 e. The molecule has 0 radical (unpaired) electrons. The van der Waals surface area contributed by atoms with Crippen molar-refractivity contribution in [2.24, 2.45) is 5.73 Å². The van der Waals surface area contributed by atoms with Crippen LogP contribution in [-0.4, -0.2) is 16.0 Å². The number of nitrogens with zero attached hydrogens (tertiary/aromatic N) is 2. The Labute approximate surface area is 147 Å². The summed E-state index contributed by atoms with van der Waals surface area (Å²) in [5, 5.41) is 6.07. The molecule has 0 fully saturated rings. The van der Waals surface area contributed by atoms with Crippen LogP contribution in [0, 0.1) is 0 Å². The average molecular weight is 347 g/mol. The van der Waals surface area contributed by atoms with Crippen LogP contribution < -0.4 is 5.73 Å². The molecule has 1 amide bonds. The molecule has 1 aromatic carbocycles. The summed E-state index contributed by atoms with van der Waals surface area (Å²) in [6, 6.07) is 19.1. The number of primary amides is 1. The van der Waals surface area contributed by atoms with Gasteiger partial charge < -0.3 is 10.3 Å². The molecule has 0 saturated heterocycles. The van der Waals surface area contributed by atoms with Crippen LogP contribution in [-0.2, 0) is 0 Å². The van der Waals surface area contributed by atoms with E-state index in [2.05, 4.69) is 10.1 Å². The van der Waals surface area contributed by atoms with Crippen LogP contribution in [0.3, 0.4) is 0 Å². The first kappa shape index (κ1) is 15.3. The van der Waals surface area contributed by atoms with Crippen molar-refractivity contribution < 1.29 is 9.32 Å². The maximum atomic E-state index is 11.8. The summed E-state index contributed by atoms with van der Waals surface area (Å²) in [7, 11) is 0. The molecule has 0 unspecified atom stereocenters. The zero-order valence-corrected chi connectivity index (χ0v) is 13.9. The van der Waals surface area contributed by atoms with E-state index in [0.717, 1.165) is 16.1 Å². The molecule has 6 heteroatoms. The smallest absolute Gasteiger partial charge is 0.288 e. The van der Waals surface area contributed by atoms with Crippen molar-refractivity contribution in [1.82, 2.24) is 10.1 Å². The summed E-state index contributed by atoms with van der Waals surface area (Å²) >= 11 is 1.61. The minimum absolute atomic E-state index is 0.0320. The number of hydrogen-bond acceptors (Lipinski definition) is 5. The Morgan fingerprint density at radius 3 is 2.48 bits per heavy atom. The zero-order chi connectivity index (χ0) is 17.2. The molecule has 4 rings (SSSR count). The van der Waals surface area contributed by atoms with Gasteiger partial charge in [0, 0.05) is 0 Å². The van der Waals surface area contributed by atoms with Gasteiger partial charge in [-0.2, -0.15) is 0 Å². The third-order valence-electron chi connectivity index (χ3n) is 3.74. The Kier molecular flexibility index (Phi) is 3.87. The number of carbonyl (C=O) groups excluding carboxylic acids is 1. The van der Waals surface area contributed by atoms with Gasteiger partial charge in [-0.25, -0.2) is 4.98 Å². The quantitative estimate of drug-likeness (QED) is 0.599. The van der Waals surface area contributed by atoms with Gasteiger partial charge in [-0.1, -0.05) is 47.6 Å². The van der Waals surface area contributed by atoms with Crippen molar-refractivity contribution >= 4 is 17.2 Å². The third-order valence-corrected chi connectivity index (χ3v) is 4.64. The molecule has 4 aromatic rings. The third kappa shape index (κ3) is 2.83. The van der Waals surface area contributed by atoms with Gasteiger partial charge in [0.15, 0.2) is 0 Å². The number of thiophene rings is 1. The van der Waals surface area contributed by atoms with E-state index in [0.29, 0.717) is 17.0 Å². The van der Waals surface area contributed by atoms with Crippen LogP contribution in [0.4, 0.5) is 0 Å². The lowest BCUT2D eigenvalue weighted by Gasteiger charge is -2.04. The molecule has 3 aromatic heterocycles. The van der Waals surface area contributed by atoms with Gasteiger partial charge in [-0.3, -0.25) is 4.79 Å². The van der Waals surface area contributed by atoms with Crippen molar-refractivity contribution in [2.45, 2.75) is 0 Å². The summed E-state index contributed by atoms with van der Waals surface area (Å²) in [6.07, 6.45) is 0. The highest BCUT2D eigenvalue weighted by molar-refractivity contribution is 7.13. The molecule has 25 heavy (non-hydrogen) atoms. The van der Waals surface area contributed by atoms with E-state index >= 15 is 0 Å². The monoisotopic (exact) mass is 347 g/mol. The number of benzene rings is 1. The fourth-order valence-corrected chi connectivity index (χ4v) is 3.33. The van der Waals surface area contributed by atoms with Gasteiger partial charge in [0.25, 0.3) is 5.91 Å². The first-order valence-corrected chi connectivity index (χ1v) is 8.48. The molecular formula is C19H13N3O2S. The second kappa shape index (κ2) is 6.33. The summed E-state index contributed by atoms with van der Waals surface area (Å²) in [4.78, 5) is 17.5. The highest BCUT2D eigenvalue weighted by Gasteiger charge is 2.23. The Hall–Kier alpha value is -3.25. The van der Waals surface area contributed by atoms with E-state index in [1.165, 1.54) is 0 Å². The van der Waals surface area contributed by atoms with E-state index in [1.54, 1.807) is 11.3 Å². The molecule has 0 aliphatic rings. The van der Waals surface area contributed by atoms with Gasteiger partial charge >= 0.3 is 0 Å². The maximum absolute atomic E-state index is 11.8. The number of rotatable bonds is 4. The Morgan fingerprint density at radius 1 is 0.960 bits per heavy atom. The first-order valence-electron chi connectivity index (χ1n) is 7.60. The number of pyridine rings is 1. The van der Waals surface area contributed by atoms with Crippen molar-refractivity contribution in [3.05, 3.63) is 71.8 Å². The minimum Gasteiger partial charge on any atom is -0.363 e. The maximum Gasteiger partial charge on any atom is 0.288 e. The fourth-order valence-electron chi connectivity index (χ4n) is 2.63. The second-order valence-corrected chi connectivity index (χ2v) is 6.30. The number of aromatic nitrogens is 2. The van der Waals surface area contributed by atoms with Crippen LogP contribution in [0.1, 0.15) is 10.6 Å². The average Bonchev–Trinajstić information content (AvgIpc) is 3.32. The molecule has 0 aliphatic heterocycles. The molecule has 0 spiro atoms. The predicted octanol–water partition coefficient (Wildman–Crippen LogP) is 4.23. The Bertz CT molecular complexity index is 1020. The van der Waals surface area contributed by atoms with Crippen LogP contribution in [0.2, 0.25) is 0 Å². The van der Waals surface area contributed by atoms with Crippen molar-refractivity contribution in [1.29, 1.82) is 0 Å². The molecule has 0 bridgehead atoms. The number of carbonyl (C=O) groups is 1. The molecule has 2 N–H and O–H groups in total. The normalized spacial score (nSPS) is 10.7. The lowest BCUT2D eigenvalue weighted by atomic mass is 10.0. The van der Waals surface area contributed by atoms with Crippen LogP contribution in [0.5, 0.6) is 0 Å². The second-order valence-electron chi connectivity index (χ2n) is 5.35. The van der Waals surface area contributed by atoms with Gasteiger partial charge in [-0.05, 0) is 29.1 Å². The van der Waals surface area contributed by atoms with Crippen LogP contribution in [0.25, 0.3) is 33.1 Å². The van der Waals surface area contributed by atoms with Crippen molar-refractivity contribution in [3.63, 3.8) is 0 Å². The van der Waals surface area contributed by atoms with Gasteiger partial charge in [0.2, 0.25) is 5.76 Å². The van der Waals surface area contributed by atoms with E-state index in [-0.39, 0.29) is 5.76 Å². The molecule has 5 nitrogen and oxygen atoms in total. The predicted molar refractivity (Wildman–Crippen MR) is 97.0 cm³/mol. The minimum atomic E-state index is -0.660. The summed E-state index contributed by atoms with van der Waals surface area (Å²) in [5.41, 5.74) is 8.79. The van der Waals surface area contributed by atoms with Crippen molar-refractivity contribution in [2.75, 3.05) is 0 Å². The van der Waals surface area contributed by atoms with E-state index in [4.69, 9.17) is 10.3 Å². The molecule has 0 aliphatic carbocycles. The van der Waals surface area contributed by atoms with Crippen LogP contribution in [0.15, 0.2) is 70.6 Å². The molecule has 0 saturated carbocycles. The van der Waals surface area contributed by atoms with Crippen molar-refractivity contribution in [3.8, 4) is 33.1 Å². The number of amides is 1. The Balaban J connectivity index is 1.90. The Morgan fingerprint density at radius 2 is 1.76 bits per heavy atom. The highest BCUT2D eigenvalue weighted by Crippen LogP contribution is 2.34. The van der Waals surface area contributed by atoms with Gasteiger partial charge in [-0.15, -0.1) is 11.3 Å². The number of hydrogen-bond donors (Lipinski definition) is 1.